The highest BCUT2D eigenvalue weighted by atomic mass is 16.5. The van der Waals surface area contributed by atoms with Gasteiger partial charge in [-0.05, 0) is 31.2 Å². The van der Waals surface area contributed by atoms with Gasteiger partial charge in [-0.25, -0.2) is 4.52 Å². The van der Waals surface area contributed by atoms with Crippen LogP contribution in [0.1, 0.15) is 16.1 Å². The second-order valence-electron chi connectivity index (χ2n) is 7.80. The van der Waals surface area contributed by atoms with Crippen LogP contribution in [0, 0.1) is 6.92 Å². The number of hydrogen-bond acceptors (Lipinski definition) is 6. The predicted octanol–water partition coefficient (Wildman–Crippen LogP) is 2.20. The van der Waals surface area contributed by atoms with E-state index in [0.717, 1.165) is 54.0 Å². The molecule has 0 unspecified atom stereocenters. The van der Waals surface area contributed by atoms with Gasteiger partial charge in [0.05, 0.1) is 35.8 Å². The van der Waals surface area contributed by atoms with Crippen LogP contribution in [-0.4, -0.2) is 58.6 Å². The van der Waals surface area contributed by atoms with E-state index in [9.17, 15) is 4.79 Å². The van der Waals surface area contributed by atoms with Crippen molar-refractivity contribution in [3.05, 3.63) is 47.9 Å². The molecule has 9 nitrogen and oxygen atoms in total. The van der Waals surface area contributed by atoms with Crippen LogP contribution in [0.2, 0.25) is 0 Å². The van der Waals surface area contributed by atoms with Crippen molar-refractivity contribution >= 4 is 33.7 Å². The van der Waals surface area contributed by atoms with E-state index in [1.54, 1.807) is 28.6 Å². The number of piperazine rings is 1. The summed E-state index contributed by atoms with van der Waals surface area (Å²) in [5.74, 6) is 0.211. The Bertz CT molecular complexity index is 1280. The largest absolute Gasteiger partial charge is 0.494 e. The third-order valence-corrected chi connectivity index (χ3v) is 5.62. The maximum Gasteiger partial charge on any atom is 0.259 e. The van der Waals surface area contributed by atoms with Gasteiger partial charge in [0.25, 0.3) is 5.91 Å². The second kappa shape index (κ2) is 7.59. The van der Waals surface area contributed by atoms with Gasteiger partial charge >= 0.3 is 0 Å². The lowest BCUT2D eigenvalue weighted by Crippen LogP contribution is -2.43. The first kappa shape index (κ1) is 19.4. The molecule has 2 N–H and O–H groups in total. The van der Waals surface area contributed by atoms with Crippen molar-refractivity contribution in [1.82, 2.24) is 24.7 Å². The molecular weight excluding hydrogens is 394 g/mol. The quantitative estimate of drug-likeness (QED) is 0.527. The molecule has 0 saturated carbocycles. The van der Waals surface area contributed by atoms with Gasteiger partial charge in [0.1, 0.15) is 11.3 Å². The monoisotopic (exact) mass is 419 g/mol. The number of nitrogens with one attached hydrogen (secondary N) is 2. The molecule has 0 atom stereocenters. The SMILES string of the molecule is COc1cn2nc(C)cc2cc1C(=O)Nc1ccc(N2CCNCC2)c2cn(C)nc12. The first-order valence-electron chi connectivity index (χ1n) is 10.3. The van der Waals surface area contributed by atoms with Crippen LogP contribution >= 0.6 is 0 Å². The smallest absolute Gasteiger partial charge is 0.259 e. The number of aromatic nitrogens is 4. The number of fused-ring (bicyclic) bond motifs is 2. The predicted molar refractivity (Wildman–Crippen MR) is 120 cm³/mol. The standard InChI is InChI=1S/C22H25N7O2/c1-14-10-15-11-16(20(31-3)13-29(15)25-14)22(30)24-18-4-5-19(28-8-6-23-7-9-28)17-12-27(2)26-21(17)18/h4-5,10-13,23H,6-9H2,1-3H3,(H,24,30). The van der Waals surface area contributed by atoms with E-state index in [2.05, 4.69) is 31.8 Å². The van der Waals surface area contributed by atoms with Crippen molar-refractivity contribution in [1.29, 1.82) is 0 Å². The van der Waals surface area contributed by atoms with Gasteiger partial charge in [0.15, 0.2) is 0 Å². The van der Waals surface area contributed by atoms with Crippen LogP contribution in [0.5, 0.6) is 5.75 Å². The summed E-state index contributed by atoms with van der Waals surface area (Å²) >= 11 is 0. The molecule has 1 aliphatic heterocycles. The summed E-state index contributed by atoms with van der Waals surface area (Å²) in [5.41, 5.74) is 4.73. The minimum atomic E-state index is -0.250. The Balaban J connectivity index is 1.52. The fourth-order valence-corrected chi connectivity index (χ4v) is 4.17. The average molecular weight is 419 g/mol. The summed E-state index contributed by atoms with van der Waals surface area (Å²) in [5, 5.41) is 16.5. The lowest BCUT2D eigenvalue weighted by molar-refractivity contribution is 0.102. The Morgan fingerprint density at radius 1 is 1.16 bits per heavy atom. The van der Waals surface area contributed by atoms with Crippen LogP contribution in [-0.2, 0) is 7.05 Å². The van der Waals surface area contributed by atoms with Crippen molar-refractivity contribution in [2.45, 2.75) is 6.92 Å². The number of ether oxygens (including phenoxy) is 1. The number of nitrogens with zero attached hydrogens (tertiary/aromatic N) is 5. The number of pyridine rings is 1. The molecule has 160 valence electrons. The molecule has 0 bridgehead atoms. The molecule has 1 fully saturated rings. The number of carbonyl (C=O) groups excluding carboxylic acids is 1. The third-order valence-electron chi connectivity index (χ3n) is 5.62. The molecule has 0 radical (unpaired) electrons. The minimum absolute atomic E-state index is 0.250. The molecule has 1 saturated heterocycles. The Hall–Kier alpha value is -3.59. The van der Waals surface area contributed by atoms with Crippen LogP contribution in [0.15, 0.2) is 36.7 Å². The Kier molecular flexibility index (Phi) is 4.74. The zero-order valence-corrected chi connectivity index (χ0v) is 17.8. The van der Waals surface area contributed by atoms with Crippen molar-refractivity contribution < 1.29 is 9.53 Å². The molecule has 1 aromatic carbocycles. The number of benzene rings is 1. The van der Waals surface area contributed by atoms with E-state index in [-0.39, 0.29) is 5.91 Å². The molecule has 0 aliphatic carbocycles. The molecule has 3 aromatic heterocycles. The minimum Gasteiger partial charge on any atom is -0.494 e. The number of hydrogen-bond donors (Lipinski definition) is 2. The molecule has 31 heavy (non-hydrogen) atoms. The number of carbonyl (C=O) groups is 1. The molecular formula is C22H25N7O2. The Morgan fingerprint density at radius 3 is 2.74 bits per heavy atom. The van der Waals surface area contributed by atoms with E-state index in [1.165, 1.54) is 0 Å². The fraction of sp³-hybridized carbons (Fsp3) is 0.318. The number of anilines is 2. The molecule has 1 aliphatic rings. The van der Waals surface area contributed by atoms with Gasteiger partial charge in [-0.15, -0.1) is 0 Å². The van der Waals surface area contributed by atoms with Gasteiger partial charge in [-0.2, -0.15) is 10.2 Å². The highest BCUT2D eigenvalue weighted by Gasteiger charge is 2.20. The van der Waals surface area contributed by atoms with Crippen molar-refractivity contribution in [3.63, 3.8) is 0 Å². The first-order valence-corrected chi connectivity index (χ1v) is 10.3. The van der Waals surface area contributed by atoms with Gasteiger partial charge in [0, 0.05) is 50.5 Å². The highest BCUT2D eigenvalue weighted by molar-refractivity contribution is 6.11. The van der Waals surface area contributed by atoms with E-state index >= 15 is 0 Å². The van der Waals surface area contributed by atoms with Crippen LogP contribution in [0.4, 0.5) is 11.4 Å². The average Bonchev–Trinajstić information content (AvgIpc) is 3.34. The fourth-order valence-electron chi connectivity index (χ4n) is 4.17. The summed E-state index contributed by atoms with van der Waals surface area (Å²) in [6.45, 7) is 5.71. The Morgan fingerprint density at radius 2 is 1.97 bits per heavy atom. The van der Waals surface area contributed by atoms with Gasteiger partial charge in [0.2, 0.25) is 0 Å². The highest BCUT2D eigenvalue weighted by Crippen LogP contribution is 2.32. The van der Waals surface area contributed by atoms with E-state index in [1.807, 2.05) is 32.3 Å². The molecule has 4 aromatic rings. The number of amides is 1. The van der Waals surface area contributed by atoms with E-state index in [0.29, 0.717) is 17.0 Å². The molecule has 0 spiro atoms. The van der Waals surface area contributed by atoms with Crippen molar-refractivity contribution in [2.75, 3.05) is 43.5 Å². The lowest BCUT2D eigenvalue weighted by Gasteiger charge is -2.30. The van der Waals surface area contributed by atoms with Crippen LogP contribution in [0.3, 0.4) is 0 Å². The molecule has 1 amide bonds. The van der Waals surface area contributed by atoms with Gasteiger partial charge in [-0.3, -0.25) is 9.48 Å². The molecule has 5 rings (SSSR count). The topological polar surface area (TPSA) is 88.7 Å². The normalized spacial score (nSPS) is 14.4. The lowest BCUT2D eigenvalue weighted by atomic mass is 10.1. The maximum atomic E-state index is 13.2. The van der Waals surface area contributed by atoms with Crippen LogP contribution in [0.25, 0.3) is 16.4 Å². The number of aryl methyl sites for hydroxylation is 2. The van der Waals surface area contributed by atoms with E-state index in [4.69, 9.17) is 4.74 Å². The zero-order valence-electron chi connectivity index (χ0n) is 17.8. The maximum absolute atomic E-state index is 13.2. The summed E-state index contributed by atoms with van der Waals surface area (Å²) in [6, 6.07) is 7.71. The molecule has 4 heterocycles. The first-order chi connectivity index (χ1) is 15.0. The third kappa shape index (κ3) is 3.46. The van der Waals surface area contributed by atoms with Gasteiger partial charge < -0.3 is 20.3 Å². The van der Waals surface area contributed by atoms with Crippen molar-refractivity contribution in [2.24, 2.45) is 7.05 Å². The number of rotatable bonds is 4. The van der Waals surface area contributed by atoms with Gasteiger partial charge in [-0.1, -0.05) is 0 Å². The number of methoxy groups -OCH3 is 1. The summed E-state index contributed by atoms with van der Waals surface area (Å²) in [4.78, 5) is 15.6. The summed E-state index contributed by atoms with van der Waals surface area (Å²) in [7, 11) is 3.44. The van der Waals surface area contributed by atoms with Crippen molar-refractivity contribution in [3.8, 4) is 5.75 Å². The molecule has 9 heteroatoms. The summed E-state index contributed by atoms with van der Waals surface area (Å²) < 4.78 is 8.96. The van der Waals surface area contributed by atoms with Crippen LogP contribution < -0.4 is 20.3 Å². The second-order valence-corrected chi connectivity index (χ2v) is 7.80. The Labute approximate surface area is 179 Å². The zero-order chi connectivity index (χ0) is 21.5. The summed E-state index contributed by atoms with van der Waals surface area (Å²) in [6.07, 6.45) is 3.73. The van der Waals surface area contributed by atoms with E-state index < -0.39 is 0 Å².